The molecule has 0 aromatic carbocycles. The Balaban J connectivity index is 1.58. The van der Waals surface area contributed by atoms with Crippen LogP contribution < -0.4 is 11.3 Å². The van der Waals surface area contributed by atoms with Crippen molar-refractivity contribution >= 4 is 0 Å². The van der Waals surface area contributed by atoms with E-state index in [0.29, 0.717) is 6.04 Å². The number of piperidine rings is 1. The molecule has 5 nitrogen and oxygen atoms in total. The second kappa shape index (κ2) is 5.84. The fraction of sp³-hybridized carbons (Fsp3) is 0.800. The molecular formula is C15H27N5. The zero-order valence-corrected chi connectivity index (χ0v) is 12.6. The third-order valence-corrected chi connectivity index (χ3v) is 5.55. The van der Waals surface area contributed by atoms with E-state index in [2.05, 4.69) is 28.5 Å². The highest BCUT2D eigenvalue weighted by molar-refractivity contribution is 5.02. The van der Waals surface area contributed by atoms with Crippen LogP contribution in [-0.4, -0.2) is 39.9 Å². The molecule has 3 atom stereocenters. The van der Waals surface area contributed by atoms with Crippen molar-refractivity contribution < 1.29 is 0 Å². The molecule has 3 heterocycles. The van der Waals surface area contributed by atoms with Crippen LogP contribution in [0.3, 0.4) is 0 Å². The first-order chi connectivity index (χ1) is 9.69. The summed E-state index contributed by atoms with van der Waals surface area (Å²) in [5.41, 5.74) is 4.38. The minimum absolute atomic E-state index is 0.432. The first-order valence-electron chi connectivity index (χ1n) is 7.84. The lowest BCUT2D eigenvalue weighted by molar-refractivity contribution is 0.110. The molecule has 2 aliphatic rings. The van der Waals surface area contributed by atoms with E-state index in [-0.39, 0.29) is 0 Å². The number of fused-ring (bicyclic) bond motifs is 2. The van der Waals surface area contributed by atoms with Gasteiger partial charge >= 0.3 is 0 Å². The van der Waals surface area contributed by atoms with Gasteiger partial charge in [-0.05, 0) is 57.6 Å². The number of nitrogens with two attached hydrogens (primary N) is 1. The van der Waals surface area contributed by atoms with Crippen LogP contribution in [-0.2, 0) is 13.5 Å². The third kappa shape index (κ3) is 2.62. The van der Waals surface area contributed by atoms with E-state index in [9.17, 15) is 0 Å². The lowest BCUT2D eigenvalue weighted by Crippen LogP contribution is -2.49. The minimum Gasteiger partial charge on any atom is -0.300 e. The lowest BCUT2D eigenvalue weighted by atomic mass is 9.83. The van der Waals surface area contributed by atoms with Gasteiger partial charge in [-0.2, -0.15) is 5.10 Å². The van der Waals surface area contributed by atoms with E-state index >= 15 is 0 Å². The summed E-state index contributed by atoms with van der Waals surface area (Å²) < 4.78 is 1.96. The quantitative estimate of drug-likeness (QED) is 0.624. The molecule has 3 rings (SSSR count). The van der Waals surface area contributed by atoms with Crippen LogP contribution in [0.1, 0.15) is 37.8 Å². The molecule has 5 heteroatoms. The molecule has 112 valence electrons. The number of rotatable bonds is 5. The fourth-order valence-corrected chi connectivity index (χ4v) is 4.19. The SMILES string of the molecule is CN1C2CCC1CC(C(CCc1ccnn1C)NN)C2. The monoisotopic (exact) mass is 277 g/mol. The van der Waals surface area contributed by atoms with Crippen molar-refractivity contribution in [1.29, 1.82) is 0 Å². The van der Waals surface area contributed by atoms with Crippen LogP contribution in [0.25, 0.3) is 0 Å². The molecule has 2 bridgehead atoms. The van der Waals surface area contributed by atoms with Crippen LogP contribution in [0.5, 0.6) is 0 Å². The van der Waals surface area contributed by atoms with Gasteiger partial charge in [0.15, 0.2) is 0 Å². The van der Waals surface area contributed by atoms with Gasteiger partial charge in [-0.15, -0.1) is 0 Å². The molecule has 0 amide bonds. The summed E-state index contributed by atoms with van der Waals surface area (Å²) in [6, 6.07) is 4.10. The summed E-state index contributed by atoms with van der Waals surface area (Å²) in [6.07, 6.45) is 9.36. The molecule has 3 unspecified atom stereocenters. The second-order valence-electron chi connectivity index (χ2n) is 6.54. The van der Waals surface area contributed by atoms with E-state index in [1.165, 1.54) is 31.4 Å². The topological polar surface area (TPSA) is 59.1 Å². The van der Waals surface area contributed by atoms with Crippen molar-refractivity contribution in [1.82, 2.24) is 20.1 Å². The molecule has 0 saturated carbocycles. The van der Waals surface area contributed by atoms with Gasteiger partial charge in [0, 0.05) is 37.1 Å². The predicted octanol–water partition coefficient (Wildman–Crippen LogP) is 1.06. The number of aromatic nitrogens is 2. The van der Waals surface area contributed by atoms with E-state index < -0.39 is 0 Å². The van der Waals surface area contributed by atoms with Gasteiger partial charge in [0.2, 0.25) is 0 Å². The zero-order chi connectivity index (χ0) is 14.1. The van der Waals surface area contributed by atoms with Gasteiger partial charge < -0.3 is 4.90 Å². The molecule has 20 heavy (non-hydrogen) atoms. The number of hydrazine groups is 1. The molecule has 2 fully saturated rings. The summed E-state index contributed by atoms with van der Waals surface area (Å²) in [6.45, 7) is 0. The van der Waals surface area contributed by atoms with Crippen LogP contribution in [0, 0.1) is 5.92 Å². The maximum atomic E-state index is 5.84. The second-order valence-corrected chi connectivity index (χ2v) is 6.54. The Kier molecular flexibility index (Phi) is 4.10. The molecule has 0 radical (unpaired) electrons. The van der Waals surface area contributed by atoms with Gasteiger partial charge in [0.05, 0.1) is 0 Å². The number of nitrogens with zero attached hydrogens (tertiary/aromatic N) is 3. The van der Waals surface area contributed by atoms with Crippen LogP contribution >= 0.6 is 0 Å². The van der Waals surface area contributed by atoms with Crippen molar-refractivity contribution in [3.8, 4) is 0 Å². The zero-order valence-electron chi connectivity index (χ0n) is 12.6. The Hall–Kier alpha value is -0.910. The predicted molar refractivity (Wildman–Crippen MR) is 79.9 cm³/mol. The first-order valence-corrected chi connectivity index (χ1v) is 7.84. The molecule has 1 aromatic heterocycles. The van der Waals surface area contributed by atoms with Crippen molar-refractivity contribution in [3.63, 3.8) is 0 Å². The molecule has 2 aliphatic heterocycles. The Bertz CT molecular complexity index is 429. The highest BCUT2D eigenvalue weighted by Crippen LogP contribution is 2.39. The van der Waals surface area contributed by atoms with Gasteiger partial charge in [-0.25, -0.2) is 0 Å². The highest BCUT2D eigenvalue weighted by atomic mass is 15.3. The summed E-state index contributed by atoms with van der Waals surface area (Å²) >= 11 is 0. The van der Waals surface area contributed by atoms with Crippen molar-refractivity contribution in [2.75, 3.05) is 7.05 Å². The van der Waals surface area contributed by atoms with Crippen LogP contribution in [0.2, 0.25) is 0 Å². The van der Waals surface area contributed by atoms with Crippen molar-refractivity contribution in [2.24, 2.45) is 18.8 Å². The fourth-order valence-electron chi connectivity index (χ4n) is 4.19. The van der Waals surface area contributed by atoms with Crippen molar-refractivity contribution in [2.45, 2.75) is 56.7 Å². The standard InChI is InChI=1S/C15H27N5/c1-19-13-3-4-14(19)10-11(9-13)15(18-16)6-5-12-7-8-17-20(12)2/h7-8,11,13-15,18H,3-6,9-10,16H2,1-2H3. The van der Waals surface area contributed by atoms with Crippen LogP contribution in [0.15, 0.2) is 12.3 Å². The van der Waals surface area contributed by atoms with Crippen molar-refractivity contribution in [3.05, 3.63) is 18.0 Å². The Morgan fingerprint density at radius 1 is 1.35 bits per heavy atom. The van der Waals surface area contributed by atoms with E-state index in [4.69, 9.17) is 5.84 Å². The lowest BCUT2D eigenvalue weighted by Gasteiger charge is -2.39. The minimum atomic E-state index is 0.432. The summed E-state index contributed by atoms with van der Waals surface area (Å²) in [5.74, 6) is 6.57. The Labute approximate surface area is 121 Å². The molecule has 1 aromatic rings. The molecular weight excluding hydrogens is 250 g/mol. The number of hydrogen-bond acceptors (Lipinski definition) is 4. The maximum Gasteiger partial charge on any atom is 0.0492 e. The first kappa shape index (κ1) is 14.0. The van der Waals surface area contributed by atoms with Gasteiger partial charge in [0.25, 0.3) is 0 Å². The Morgan fingerprint density at radius 2 is 2.05 bits per heavy atom. The molecule has 3 N–H and O–H groups in total. The maximum absolute atomic E-state index is 5.84. The molecule has 0 spiro atoms. The molecule has 2 saturated heterocycles. The van der Waals surface area contributed by atoms with Crippen LogP contribution in [0.4, 0.5) is 0 Å². The normalized spacial score (nSPS) is 31.6. The highest BCUT2D eigenvalue weighted by Gasteiger charge is 2.40. The van der Waals surface area contributed by atoms with E-state index in [1.54, 1.807) is 0 Å². The average Bonchev–Trinajstić information content (AvgIpc) is 2.91. The number of nitrogens with one attached hydrogen (secondary N) is 1. The number of hydrogen-bond donors (Lipinski definition) is 2. The summed E-state index contributed by atoms with van der Waals surface area (Å²) in [7, 11) is 4.30. The third-order valence-electron chi connectivity index (χ3n) is 5.55. The smallest absolute Gasteiger partial charge is 0.0492 e. The molecule has 0 aliphatic carbocycles. The van der Waals surface area contributed by atoms with E-state index in [1.807, 2.05) is 17.9 Å². The summed E-state index contributed by atoms with van der Waals surface area (Å²) in [5, 5.41) is 4.24. The van der Waals surface area contributed by atoms with Gasteiger partial charge in [0.1, 0.15) is 0 Å². The average molecular weight is 277 g/mol. The Morgan fingerprint density at radius 3 is 2.60 bits per heavy atom. The summed E-state index contributed by atoms with van der Waals surface area (Å²) in [4.78, 5) is 2.59. The largest absolute Gasteiger partial charge is 0.300 e. The van der Waals surface area contributed by atoms with Gasteiger partial charge in [-0.3, -0.25) is 16.0 Å². The van der Waals surface area contributed by atoms with E-state index in [0.717, 1.165) is 30.8 Å². The number of aryl methyl sites for hydroxylation is 2. The van der Waals surface area contributed by atoms with Gasteiger partial charge in [-0.1, -0.05) is 0 Å².